The summed E-state index contributed by atoms with van der Waals surface area (Å²) in [5.41, 5.74) is 3.88. The molecular formula is C21H28N6S. The van der Waals surface area contributed by atoms with E-state index < -0.39 is 0 Å². The normalized spacial score (nSPS) is 19.9. The van der Waals surface area contributed by atoms with Gasteiger partial charge in [0.1, 0.15) is 5.82 Å². The number of thiophene rings is 1. The molecule has 1 saturated heterocycles. The fourth-order valence-corrected chi connectivity index (χ4v) is 5.72. The Balaban J connectivity index is 1.43. The number of aryl methyl sites for hydroxylation is 1. The van der Waals surface area contributed by atoms with Crippen LogP contribution in [-0.4, -0.2) is 55.3 Å². The molecule has 1 spiro atoms. The molecule has 2 aliphatic rings. The Morgan fingerprint density at radius 3 is 2.68 bits per heavy atom. The molecule has 5 heterocycles. The molecule has 28 heavy (non-hydrogen) atoms. The zero-order valence-corrected chi connectivity index (χ0v) is 17.5. The largest absolute Gasteiger partial charge is 0.325 e. The molecule has 0 saturated carbocycles. The SMILES string of the molecule is CCN1CCn2c(-c3cnn(C)c3)cnc2C12CCN(Cc1ccsc1)CC2. The van der Waals surface area contributed by atoms with Gasteiger partial charge in [-0.05, 0) is 41.8 Å². The first-order chi connectivity index (χ1) is 13.7. The molecule has 0 unspecified atom stereocenters. The molecule has 0 radical (unpaired) electrons. The van der Waals surface area contributed by atoms with Gasteiger partial charge < -0.3 is 4.57 Å². The monoisotopic (exact) mass is 396 g/mol. The molecule has 5 rings (SSSR count). The van der Waals surface area contributed by atoms with E-state index in [4.69, 9.17) is 4.98 Å². The average Bonchev–Trinajstić information content (AvgIpc) is 3.45. The smallest absolute Gasteiger partial charge is 0.129 e. The highest BCUT2D eigenvalue weighted by atomic mass is 32.1. The van der Waals surface area contributed by atoms with Crippen LogP contribution in [0.4, 0.5) is 0 Å². The molecule has 6 nitrogen and oxygen atoms in total. The van der Waals surface area contributed by atoms with Gasteiger partial charge in [0.2, 0.25) is 0 Å². The van der Waals surface area contributed by atoms with Crippen molar-refractivity contribution in [3.63, 3.8) is 0 Å². The first-order valence-corrected chi connectivity index (χ1v) is 11.2. The van der Waals surface area contributed by atoms with E-state index in [-0.39, 0.29) is 5.54 Å². The van der Waals surface area contributed by atoms with Crippen LogP contribution in [0.3, 0.4) is 0 Å². The number of likely N-dealkylation sites (N-methyl/N-ethyl adjacent to an activating group) is 1. The predicted octanol–water partition coefficient (Wildman–Crippen LogP) is 3.17. The van der Waals surface area contributed by atoms with Gasteiger partial charge in [0.15, 0.2) is 0 Å². The van der Waals surface area contributed by atoms with E-state index >= 15 is 0 Å². The summed E-state index contributed by atoms with van der Waals surface area (Å²) in [6, 6.07) is 2.25. The van der Waals surface area contributed by atoms with Crippen LogP contribution in [0.2, 0.25) is 0 Å². The van der Waals surface area contributed by atoms with Crippen molar-refractivity contribution in [3.8, 4) is 11.3 Å². The standard InChI is InChI=1S/C21H28N6S/c1-3-26-9-10-27-19(18-12-23-24(2)15-18)13-22-20(27)21(26)5-7-25(8-6-21)14-17-4-11-28-16-17/h4,11-13,15-16H,3,5-10,14H2,1-2H3. The second kappa shape index (κ2) is 7.13. The highest BCUT2D eigenvalue weighted by molar-refractivity contribution is 7.07. The molecule has 7 heteroatoms. The van der Waals surface area contributed by atoms with Crippen molar-refractivity contribution < 1.29 is 0 Å². The maximum absolute atomic E-state index is 4.99. The summed E-state index contributed by atoms with van der Waals surface area (Å²) >= 11 is 1.79. The van der Waals surface area contributed by atoms with Crippen LogP contribution in [0.15, 0.2) is 35.4 Å². The van der Waals surface area contributed by atoms with Gasteiger partial charge in [-0.15, -0.1) is 0 Å². The molecule has 3 aromatic rings. The number of rotatable bonds is 4. The maximum Gasteiger partial charge on any atom is 0.129 e. The van der Waals surface area contributed by atoms with E-state index in [9.17, 15) is 0 Å². The fourth-order valence-electron chi connectivity index (χ4n) is 5.06. The van der Waals surface area contributed by atoms with Gasteiger partial charge in [0.25, 0.3) is 0 Å². The van der Waals surface area contributed by atoms with Gasteiger partial charge >= 0.3 is 0 Å². The molecule has 3 aromatic heterocycles. The van der Waals surface area contributed by atoms with Crippen molar-refractivity contribution in [1.29, 1.82) is 0 Å². The number of nitrogens with zero attached hydrogens (tertiary/aromatic N) is 6. The predicted molar refractivity (Wildman–Crippen MR) is 112 cm³/mol. The summed E-state index contributed by atoms with van der Waals surface area (Å²) in [6.45, 7) is 8.80. The molecule has 0 aliphatic carbocycles. The molecule has 0 amide bonds. The van der Waals surface area contributed by atoms with Crippen LogP contribution < -0.4 is 0 Å². The van der Waals surface area contributed by atoms with E-state index in [1.165, 1.54) is 17.1 Å². The van der Waals surface area contributed by atoms with Crippen LogP contribution >= 0.6 is 11.3 Å². The van der Waals surface area contributed by atoms with Gasteiger partial charge in [-0.2, -0.15) is 16.4 Å². The third-order valence-corrected chi connectivity index (χ3v) is 7.25. The summed E-state index contributed by atoms with van der Waals surface area (Å²) in [6.07, 6.45) is 8.40. The van der Waals surface area contributed by atoms with Crippen LogP contribution in [0.1, 0.15) is 31.2 Å². The minimum absolute atomic E-state index is 0.0681. The van der Waals surface area contributed by atoms with E-state index in [1.807, 2.05) is 17.9 Å². The molecule has 0 aromatic carbocycles. The van der Waals surface area contributed by atoms with Crippen molar-refractivity contribution in [3.05, 3.63) is 46.8 Å². The third-order valence-electron chi connectivity index (χ3n) is 6.52. The van der Waals surface area contributed by atoms with E-state index in [0.717, 1.165) is 57.7 Å². The molecule has 2 aliphatic heterocycles. The second-order valence-corrected chi connectivity index (χ2v) is 8.82. The zero-order chi connectivity index (χ0) is 19.1. The molecular weight excluding hydrogens is 368 g/mol. The Morgan fingerprint density at radius 1 is 1.14 bits per heavy atom. The van der Waals surface area contributed by atoms with Gasteiger partial charge in [-0.25, -0.2) is 4.98 Å². The Hall–Kier alpha value is -1.96. The molecule has 148 valence electrons. The number of fused-ring (bicyclic) bond motifs is 2. The first kappa shape index (κ1) is 18.1. The average molecular weight is 397 g/mol. The van der Waals surface area contributed by atoms with Crippen LogP contribution in [0.25, 0.3) is 11.3 Å². The number of imidazole rings is 1. The highest BCUT2D eigenvalue weighted by Crippen LogP contribution is 2.42. The summed E-state index contributed by atoms with van der Waals surface area (Å²) in [5.74, 6) is 1.26. The minimum Gasteiger partial charge on any atom is -0.325 e. The van der Waals surface area contributed by atoms with Gasteiger partial charge in [0.05, 0.1) is 23.6 Å². The molecule has 1 fully saturated rings. The van der Waals surface area contributed by atoms with Crippen molar-refractivity contribution >= 4 is 11.3 Å². The number of likely N-dealkylation sites (tertiary alicyclic amines) is 1. The lowest BCUT2D eigenvalue weighted by molar-refractivity contribution is -0.00770. The van der Waals surface area contributed by atoms with E-state index in [1.54, 1.807) is 11.3 Å². The molecule has 0 atom stereocenters. The lowest BCUT2D eigenvalue weighted by atomic mass is 9.83. The maximum atomic E-state index is 4.99. The summed E-state index contributed by atoms with van der Waals surface area (Å²) < 4.78 is 4.33. The van der Waals surface area contributed by atoms with Crippen LogP contribution in [-0.2, 0) is 25.7 Å². The third kappa shape index (κ3) is 2.93. The van der Waals surface area contributed by atoms with Gasteiger partial charge in [-0.3, -0.25) is 14.5 Å². The lowest BCUT2D eigenvalue weighted by Crippen LogP contribution is -2.57. The molecule has 0 N–H and O–H groups in total. The summed E-state index contributed by atoms with van der Waals surface area (Å²) in [7, 11) is 1.97. The van der Waals surface area contributed by atoms with Gasteiger partial charge in [0, 0.05) is 51.5 Å². The minimum atomic E-state index is 0.0681. The summed E-state index contributed by atoms with van der Waals surface area (Å²) in [4.78, 5) is 10.3. The van der Waals surface area contributed by atoms with E-state index in [0.29, 0.717) is 0 Å². The topological polar surface area (TPSA) is 42.1 Å². The number of piperidine rings is 1. The zero-order valence-electron chi connectivity index (χ0n) is 16.7. The quantitative estimate of drug-likeness (QED) is 0.679. The Morgan fingerprint density at radius 2 is 2.00 bits per heavy atom. The number of aromatic nitrogens is 4. The highest BCUT2D eigenvalue weighted by Gasteiger charge is 2.46. The van der Waals surface area contributed by atoms with Crippen LogP contribution in [0, 0.1) is 0 Å². The Bertz CT molecular complexity index is 932. The molecule has 0 bridgehead atoms. The van der Waals surface area contributed by atoms with Crippen LogP contribution in [0.5, 0.6) is 0 Å². The van der Waals surface area contributed by atoms with Gasteiger partial charge in [-0.1, -0.05) is 6.92 Å². The fraction of sp³-hybridized carbons (Fsp3) is 0.524. The Labute approximate surface area is 170 Å². The van der Waals surface area contributed by atoms with Crippen molar-refractivity contribution in [2.24, 2.45) is 7.05 Å². The lowest BCUT2D eigenvalue weighted by Gasteiger charge is -2.50. The summed E-state index contributed by atoms with van der Waals surface area (Å²) in [5, 5.41) is 8.81. The first-order valence-electron chi connectivity index (χ1n) is 10.2. The van der Waals surface area contributed by atoms with Crippen molar-refractivity contribution in [1.82, 2.24) is 29.1 Å². The van der Waals surface area contributed by atoms with E-state index in [2.05, 4.69) is 55.6 Å². The second-order valence-electron chi connectivity index (χ2n) is 8.04. The Kier molecular flexibility index (Phi) is 4.61. The number of hydrogen-bond acceptors (Lipinski definition) is 5. The van der Waals surface area contributed by atoms with Crippen molar-refractivity contribution in [2.75, 3.05) is 26.2 Å². The van der Waals surface area contributed by atoms with Crippen molar-refractivity contribution in [2.45, 2.75) is 38.4 Å². The number of hydrogen-bond donors (Lipinski definition) is 0.